The first kappa shape index (κ1) is 17.1. The molecule has 0 spiro atoms. The highest BCUT2D eigenvalue weighted by Gasteiger charge is 2.18. The normalized spacial score (nSPS) is 16.8. The molecule has 0 atom stereocenters. The molecule has 0 bridgehead atoms. The zero-order valence-corrected chi connectivity index (χ0v) is 13.3. The van der Waals surface area contributed by atoms with Gasteiger partial charge < -0.3 is 10.2 Å². The molecule has 0 unspecified atom stereocenters. The lowest BCUT2D eigenvalue weighted by atomic mass is 10.1. The minimum absolute atomic E-state index is 0.429. The summed E-state index contributed by atoms with van der Waals surface area (Å²) in [6.07, 6.45) is 7.45. The van der Waals surface area contributed by atoms with Gasteiger partial charge in [-0.05, 0) is 39.7 Å². The van der Waals surface area contributed by atoms with Crippen LogP contribution >= 0.6 is 0 Å². The summed E-state index contributed by atoms with van der Waals surface area (Å²) in [5, 5.41) is 7.46. The van der Waals surface area contributed by atoms with Crippen molar-refractivity contribution in [3.63, 3.8) is 0 Å². The van der Waals surface area contributed by atoms with Gasteiger partial charge in [0.25, 0.3) is 0 Å². The van der Waals surface area contributed by atoms with Gasteiger partial charge in [-0.2, -0.15) is 5.10 Å². The number of aliphatic imine (C=N–C) groups is 2. The van der Waals surface area contributed by atoms with Crippen molar-refractivity contribution in [3.8, 4) is 0 Å². The molecule has 1 aromatic rings. The molecule has 116 valence electrons. The minimum Gasteiger partial charge on any atom is -0.322 e. The van der Waals surface area contributed by atoms with Gasteiger partial charge in [0, 0.05) is 12.4 Å². The molecule has 0 amide bonds. The average Bonchev–Trinajstić information content (AvgIpc) is 2.98. The Labute approximate surface area is 127 Å². The first-order chi connectivity index (χ1) is 10.2. The third-order valence-corrected chi connectivity index (χ3v) is 3.28. The molecule has 2 rings (SSSR count). The Balaban J connectivity index is 0.00000106. The minimum atomic E-state index is 0.429. The lowest BCUT2D eigenvalue weighted by Gasteiger charge is -2.28. The molecular formula is C15H26N6. The van der Waals surface area contributed by atoms with Gasteiger partial charge in [0.2, 0.25) is 5.96 Å². The molecule has 1 aliphatic heterocycles. The van der Waals surface area contributed by atoms with E-state index in [1.807, 2.05) is 24.7 Å². The van der Waals surface area contributed by atoms with E-state index in [0.717, 1.165) is 31.6 Å². The number of hydrogen-bond donors (Lipinski definition) is 1. The number of anilines is 1. The second-order valence-corrected chi connectivity index (χ2v) is 4.66. The van der Waals surface area contributed by atoms with E-state index in [2.05, 4.69) is 45.6 Å². The summed E-state index contributed by atoms with van der Waals surface area (Å²) >= 11 is 0. The third kappa shape index (κ3) is 5.15. The molecular weight excluding hydrogens is 264 g/mol. The van der Waals surface area contributed by atoms with Crippen LogP contribution in [0.1, 0.15) is 32.7 Å². The molecule has 1 fully saturated rings. The van der Waals surface area contributed by atoms with E-state index in [1.165, 1.54) is 6.20 Å². The van der Waals surface area contributed by atoms with Crippen molar-refractivity contribution in [2.45, 2.75) is 32.7 Å². The second kappa shape index (κ2) is 9.07. The fourth-order valence-electron chi connectivity index (χ4n) is 2.19. The zero-order valence-electron chi connectivity index (χ0n) is 13.3. The fraction of sp³-hybridized carbons (Fsp3) is 0.533. The largest absolute Gasteiger partial charge is 0.322 e. The SMILES string of the molecule is C=CN=C(N=C)Nc1cnn(C2CCN(C)CC2)c1.CC. The molecule has 0 saturated carbocycles. The van der Waals surface area contributed by atoms with Crippen LogP contribution in [0, 0.1) is 0 Å². The van der Waals surface area contributed by atoms with E-state index in [0.29, 0.717) is 12.0 Å². The number of nitrogens with zero attached hydrogens (tertiary/aromatic N) is 5. The summed E-state index contributed by atoms with van der Waals surface area (Å²) in [5.41, 5.74) is 0.868. The smallest absolute Gasteiger partial charge is 0.226 e. The van der Waals surface area contributed by atoms with Crippen LogP contribution in [0.2, 0.25) is 0 Å². The molecule has 0 aromatic carbocycles. The molecule has 0 aliphatic carbocycles. The van der Waals surface area contributed by atoms with Gasteiger partial charge in [0.1, 0.15) is 0 Å². The standard InChI is InChI=1S/C13H20N6.C2H6/c1-4-15-13(14-2)17-11-9-16-19(10-11)12-5-7-18(3)8-6-12;1-2/h4,9-10,12H,1-2,5-8H2,3H3,(H,15,17);1-2H3. The van der Waals surface area contributed by atoms with Crippen molar-refractivity contribution >= 4 is 18.4 Å². The summed E-state index contributed by atoms with van der Waals surface area (Å²) in [6, 6.07) is 0.475. The Kier molecular flexibility index (Phi) is 7.39. The third-order valence-electron chi connectivity index (χ3n) is 3.28. The summed E-state index contributed by atoms with van der Waals surface area (Å²) in [7, 11) is 2.15. The maximum atomic E-state index is 4.41. The number of piperidine rings is 1. The fourth-order valence-corrected chi connectivity index (χ4v) is 2.19. The van der Waals surface area contributed by atoms with Gasteiger partial charge in [-0.1, -0.05) is 20.4 Å². The Morgan fingerprint density at radius 2 is 2.10 bits per heavy atom. The molecule has 2 heterocycles. The topological polar surface area (TPSA) is 57.8 Å². The van der Waals surface area contributed by atoms with Crippen LogP contribution in [0.15, 0.2) is 35.2 Å². The van der Waals surface area contributed by atoms with Gasteiger partial charge in [0.15, 0.2) is 0 Å². The van der Waals surface area contributed by atoms with Crippen molar-refractivity contribution < 1.29 is 0 Å². The number of likely N-dealkylation sites (tertiary alicyclic amines) is 1. The number of aromatic nitrogens is 2. The van der Waals surface area contributed by atoms with E-state index < -0.39 is 0 Å². The van der Waals surface area contributed by atoms with Gasteiger partial charge in [-0.25, -0.2) is 9.98 Å². The van der Waals surface area contributed by atoms with Crippen LogP contribution in [-0.4, -0.2) is 47.5 Å². The van der Waals surface area contributed by atoms with E-state index in [1.54, 1.807) is 6.20 Å². The highest BCUT2D eigenvalue weighted by molar-refractivity contribution is 5.96. The number of guanidine groups is 1. The van der Waals surface area contributed by atoms with Crippen LogP contribution in [-0.2, 0) is 0 Å². The second-order valence-electron chi connectivity index (χ2n) is 4.66. The monoisotopic (exact) mass is 290 g/mol. The summed E-state index contributed by atoms with van der Waals surface area (Å²) in [4.78, 5) is 10.1. The Hall–Kier alpha value is -1.95. The lowest BCUT2D eigenvalue weighted by Crippen LogP contribution is -2.31. The van der Waals surface area contributed by atoms with Crippen molar-refractivity contribution in [2.24, 2.45) is 9.98 Å². The maximum absolute atomic E-state index is 4.41. The van der Waals surface area contributed by atoms with Crippen molar-refractivity contribution in [1.82, 2.24) is 14.7 Å². The Morgan fingerprint density at radius 1 is 1.43 bits per heavy atom. The van der Waals surface area contributed by atoms with Gasteiger partial charge in [0.05, 0.1) is 17.9 Å². The van der Waals surface area contributed by atoms with E-state index in [-0.39, 0.29) is 0 Å². The van der Waals surface area contributed by atoms with Crippen molar-refractivity contribution in [3.05, 3.63) is 25.2 Å². The molecule has 21 heavy (non-hydrogen) atoms. The average molecular weight is 290 g/mol. The van der Waals surface area contributed by atoms with E-state index in [9.17, 15) is 0 Å². The zero-order chi connectivity index (χ0) is 15.7. The summed E-state index contributed by atoms with van der Waals surface area (Å²) in [6.45, 7) is 13.2. The molecule has 1 aliphatic rings. The van der Waals surface area contributed by atoms with Gasteiger partial charge in [-0.3, -0.25) is 4.68 Å². The first-order valence-electron chi connectivity index (χ1n) is 7.38. The van der Waals surface area contributed by atoms with Crippen molar-refractivity contribution in [1.29, 1.82) is 0 Å². The summed E-state index contributed by atoms with van der Waals surface area (Å²) in [5.74, 6) is 0.429. The molecule has 1 N–H and O–H groups in total. The molecule has 6 heteroatoms. The van der Waals surface area contributed by atoms with Crippen molar-refractivity contribution in [2.75, 3.05) is 25.5 Å². The quantitative estimate of drug-likeness (QED) is 0.688. The number of hydrogen-bond acceptors (Lipinski definition) is 3. The van der Waals surface area contributed by atoms with Crippen LogP contribution < -0.4 is 5.32 Å². The predicted octanol–water partition coefficient (Wildman–Crippen LogP) is 2.79. The first-order valence-corrected chi connectivity index (χ1v) is 7.38. The maximum Gasteiger partial charge on any atom is 0.226 e. The van der Waals surface area contributed by atoms with Crippen LogP contribution in [0.4, 0.5) is 5.69 Å². The van der Waals surface area contributed by atoms with Gasteiger partial charge in [-0.15, -0.1) is 0 Å². The molecule has 6 nitrogen and oxygen atoms in total. The lowest BCUT2D eigenvalue weighted by molar-refractivity contribution is 0.212. The van der Waals surface area contributed by atoms with Crippen LogP contribution in [0.3, 0.4) is 0 Å². The highest BCUT2D eigenvalue weighted by atomic mass is 15.3. The molecule has 1 saturated heterocycles. The highest BCUT2D eigenvalue weighted by Crippen LogP contribution is 2.22. The Morgan fingerprint density at radius 3 is 2.67 bits per heavy atom. The molecule has 0 radical (unpaired) electrons. The van der Waals surface area contributed by atoms with E-state index >= 15 is 0 Å². The van der Waals surface area contributed by atoms with Crippen LogP contribution in [0.5, 0.6) is 0 Å². The van der Waals surface area contributed by atoms with Crippen LogP contribution in [0.25, 0.3) is 0 Å². The number of rotatable bonds is 3. The molecule has 1 aromatic heterocycles. The number of nitrogens with one attached hydrogen (secondary N) is 1. The summed E-state index contributed by atoms with van der Waals surface area (Å²) < 4.78 is 2.02. The Bertz CT molecular complexity index is 468. The van der Waals surface area contributed by atoms with Gasteiger partial charge >= 0.3 is 0 Å². The van der Waals surface area contributed by atoms with E-state index in [4.69, 9.17) is 0 Å². The predicted molar refractivity (Wildman–Crippen MR) is 90.1 cm³/mol.